The number of Topliss-reactive ketones (excluding diaryl/α,β-unsaturated/α-hetero) is 2. The summed E-state index contributed by atoms with van der Waals surface area (Å²) in [6, 6.07) is 9.93. The Morgan fingerprint density at radius 2 is 1.56 bits per heavy atom. The van der Waals surface area contributed by atoms with E-state index in [2.05, 4.69) is 0 Å². The summed E-state index contributed by atoms with van der Waals surface area (Å²) in [5.41, 5.74) is 0.429. The van der Waals surface area contributed by atoms with Crippen molar-refractivity contribution in [1.82, 2.24) is 0 Å². The lowest BCUT2D eigenvalue weighted by molar-refractivity contribution is -0.123. The highest BCUT2D eigenvalue weighted by Crippen LogP contribution is 2.32. The summed E-state index contributed by atoms with van der Waals surface area (Å²) in [4.78, 5) is 36.1. The van der Waals surface area contributed by atoms with Gasteiger partial charge >= 0.3 is 0 Å². The quantitative estimate of drug-likeness (QED) is 0.618. The Labute approximate surface area is 155 Å². The average Bonchev–Trinajstić information content (AvgIpc) is 2.61. The summed E-state index contributed by atoms with van der Waals surface area (Å²) in [5.74, 6) is 0.168. The molecule has 0 N–H and O–H groups in total. The van der Waals surface area contributed by atoms with E-state index in [1.807, 2.05) is 0 Å². The third-order valence-electron chi connectivity index (χ3n) is 4.38. The summed E-state index contributed by atoms with van der Waals surface area (Å²) in [7, 11) is 0. The molecular formula is C21H20O6. The van der Waals surface area contributed by atoms with Crippen molar-refractivity contribution < 1.29 is 23.5 Å². The Morgan fingerprint density at radius 3 is 2.22 bits per heavy atom. The van der Waals surface area contributed by atoms with E-state index < -0.39 is 12.2 Å². The van der Waals surface area contributed by atoms with Crippen LogP contribution in [0.2, 0.25) is 0 Å². The van der Waals surface area contributed by atoms with Crippen molar-refractivity contribution in [3.8, 4) is 11.5 Å². The van der Waals surface area contributed by atoms with Crippen LogP contribution in [0.1, 0.15) is 27.7 Å². The van der Waals surface area contributed by atoms with Crippen LogP contribution >= 0.6 is 0 Å². The summed E-state index contributed by atoms with van der Waals surface area (Å²) in [6.45, 7) is 6.06. The van der Waals surface area contributed by atoms with Crippen LogP contribution in [0.4, 0.5) is 0 Å². The van der Waals surface area contributed by atoms with Gasteiger partial charge in [0.25, 0.3) is 0 Å². The van der Waals surface area contributed by atoms with Crippen LogP contribution in [0.3, 0.4) is 0 Å². The standard InChI is InChI=1S/C21H20O6/c1-11(22)13(3)25-15-9-18(26-14(4)12(2)23)20-19(10-15)27-17-8-6-5-7-16(17)21(20)24/h5-10,13-14H,1-4H3/t13-,14+/m1/s1. The predicted molar refractivity (Wildman–Crippen MR) is 102 cm³/mol. The molecule has 1 heterocycles. The lowest BCUT2D eigenvalue weighted by Gasteiger charge is -2.17. The van der Waals surface area contributed by atoms with E-state index >= 15 is 0 Å². The maximum Gasteiger partial charge on any atom is 0.204 e. The molecule has 0 radical (unpaired) electrons. The number of hydrogen-bond donors (Lipinski definition) is 0. The second-order valence-corrected chi connectivity index (χ2v) is 6.46. The van der Waals surface area contributed by atoms with Crippen LogP contribution in [0.5, 0.6) is 11.5 Å². The maximum atomic E-state index is 13.0. The molecule has 27 heavy (non-hydrogen) atoms. The normalized spacial score (nSPS) is 13.3. The van der Waals surface area contributed by atoms with E-state index in [-0.39, 0.29) is 33.7 Å². The van der Waals surface area contributed by atoms with E-state index in [1.165, 1.54) is 19.9 Å². The molecular weight excluding hydrogens is 348 g/mol. The lowest BCUT2D eigenvalue weighted by atomic mass is 10.1. The lowest BCUT2D eigenvalue weighted by Crippen LogP contribution is -2.22. The number of hydrogen-bond acceptors (Lipinski definition) is 6. The van der Waals surface area contributed by atoms with Gasteiger partial charge in [-0.05, 0) is 39.8 Å². The molecule has 0 aliphatic heterocycles. The van der Waals surface area contributed by atoms with Crippen LogP contribution in [0.25, 0.3) is 21.9 Å². The monoisotopic (exact) mass is 368 g/mol. The summed E-state index contributed by atoms with van der Waals surface area (Å²) >= 11 is 0. The molecule has 3 rings (SSSR count). The molecule has 6 nitrogen and oxygen atoms in total. The van der Waals surface area contributed by atoms with E-state index in [0.717, 1.165) is 0 Å². The van der Waals surface area contributed by atoms with Gasteiger partial charge in [-0.2, -0.15) is 0 Å². The fourth-order valence-corrected chi connectivity index (χ4v) is 2.59. The van der Waals surface area contributed by atoms with Gasteiger partial charge in [0.2, 0.25) is 5.43 Å². The van der Waals surface area contributed by atoms with E-state index in [4.69, 9.17) is 13.9 Å². The number of carbonyl (C=O) groups excluding carboxylic acids is 2. The summed E-state index contributed by atoms with van der Waals surface area (Å²) in [5, 5.41) is 0.640. The molecule has 1 aromatic heterocycles. The van der Waals surface area contributed by atoms with Crippen molar-refractivity contribution >= 4 is 33.5 Å². The molecule has 6 heteroatoms. The Hall–Kier alpha value is -3.15. The largest absolute Gasteiger partial charge is 0.483 e. The minimum atomic E-state index is -0.750. The number of fused-ring (bicyclic) bond motifs is 2. The van der Waals surface area contributed by atoms with Crippen molar-refractivity contribution in [3.63, 3.8) is 0 Å². The second-order valence-electron chi connectivity index (χ2n) is 6.46. The van der Waals surface area contributed by atoms with E-state index in [9.17, 15) is 14.4 Å². The zero-order valence-corrected chi connectivity index (χ0v) is 15.6. The zero-order valence-electron chi connectivity index (χ0n) is 15.6. The van der Waals surface area contributed by atoms with Crippen LogP contribution in [0, 0.1) is 0 Å². The van der Waals surface area contributed by atoms with Gasteiger partial charge in [0.05, 0.1) is 5.39 Å². The van der Waals surface area contributed by atoms with Gasteiger partial charge in [-0.25, -0.2) is 0 Å². The highest BCUT2D eigenvalue weighted by Gasteiger charge is 2.19. The molecule has 3 aromatic rings. The van der Waals surface area contributed by atoms with Gasteiger partial charge in [-0.15, -0.1) is 0 Å². The first kappa shape index (κ1) is 18.6. The molecule has 0 fully saturated rings. The van der Waals surface area contributed by atoms with Crippen molar-refractivity contribution in [2.75, 3.05) is 0 Å². The highest BCUT2D eigenvalue weighted by molar-refractivity contribution is 5.94. The predicted octanol–water partition coefficient (Wildman–Crippen LogP) is 3.66. The van der Waals surface area contributed by atoms with Crippen LogP contribution in [-0.4, -0.2) is 23.8 Å². The molecule has 2 atom stereocenters. The van der Waals surface area contributed by atoms with Crippen LogP contribution < -0.4 is 14.9 Å². The Balaban J connectivity index is 2.25. The van der Waals surface area contributed by atoms with Crippen molar-refractivity contribution in [2.24, 2.45) is 0 Å². The molecule has 0 unspecified atom stereocenters. The first-order valence-electron chi connectivity index (χ1n) is 8.61. The van der Waals surface area contributed by atoms with Crippen LogP contribution in [0.15, 0.2) is 45.6 Å². The second kappa shape index (κ2) is 7.23. The molecule has 140 valence electrons. The molecule has 0 spiro atoms. The molecule has 0 aliphatic rings. The van der Waals surface area contributed by atoms with Gasteiger partial charge in [0, 0.05) is 12.1 Å². The molecule has 0 saturated heterocycles. The SMILES string of the molecule is CC(=O)[C@H](C)Oc1cc(O[C@H](C)C(C)=O)cc2oc3ccccc3c(=O)c12. The third-order valence-corrected chi connectivity index (χ3v) is 4.38. The Morgan fingerprint density at radius 1 is 0.926 bits per heavy atom. The first-order chi connectivity index (χ1) is 12.8. The van der Waals surface area contributed by atoms with Gasteiger partial charge in [-0.3, -0.25) is 14.4 Å². The number of rotatable bonds is 6. The number of carbonyl (C=O) groups is 2. The number of ether oxygens (including phenoxy) is 2. The van der Waals surface area contributed by atoms with Gasteiger partial charge in [0.1, 0.15) is 28.1 Å². The molecule has 0 aliphatic carbocycles. The molecule has 0 bridgehead atoms. The van der Waals surface area contributed by atoms with Gasteiger partial charge in [-0.1, -0.05) is 12.1 Å². The maximum absolute atomic E-state index is 13.0. The average molecular weight is 368 g/mol. The number of benzene rings is 2. The minimum absolute atomic E-state index is 0.144. The zero-order chi connectivity index (χ0) is 19.7. The van der Waals surface area contributed by atoms with E-state index in [1.54, 1.807) is 44.2 Å². The molecule has 0 saturated carbocycles. The number of ketones is 2. The fraction of sp³-hybridized carbons (Fsp3) is 0.286. The van der Waals surface area contributed by atoms with Crippen LogP contribution in [-0.2, 0) is 9.59 Å². The van der Waals surface area contributed by atoms with E-state index in [0.29, 0.717) is 16.7 Å². The topological polar surface area (TPSA) is 82.8 Å². The highest BCUT2D eigenvalue weighted by atomic mass is 16.5. The first-order valence-corrected chi connectivity index (χ1v) is 8.61. The molecule has 0 amide bonds. The van der Waals surface area contributed by atoms with Crippen molar-refractivity contribution in [2.45, 2.75) is 39.9 Å². The summed E-state index contributed by atoms with van der Waals surface area (Å²) < 4.78 is 17.2. The molecule has 2 aromatic carbocycles. The minimum Gasteiger partial charge on any atom is -0.483 e. The fourth-order valence-electron chi connectivity index (χ4n) is 2.59. The third kappa shape index (κ3) is 3.69. The van der Waals surface area contributed by atoms with Crippen molar-refractivity contribution in [3.05, 3.63) is 46.6 Å². The van der Waals surface area contributed by atoms with Gasteiger partial charge in [0.15, 0.2) is 23.8 Å². The van der Waals surface area contributed by atoms with Gasteiger partial charge < -0.3 is 13.9 Å². The smallest absolute Gasteiger partial charge is 0.204 e. The van der Waals surface area contributed by atoms with Crippen molar-refractivity contribution in [1.29, 1.82) is 0 Å². The number of para-hydroxylation sites is 1. The Kier molecular flexibility index (Phi) is 4.99. The summed E-state index contributed by atoms with van der Waals surface area (Å²) in [6.07, 6.45) is -1.42. The Bertz CT molecular complexity index is 1090.